The Morgan fingerprint density at radius 1 is 1.18 bits per heavy atom. The smallest absolute Gasteiger partial charge is 0.256 e. The Hall–Kier alpha value is -3.71. The first-order valence-electron chi connectivity index (χ1n) is 11.0. The van der Waals surface area contributed by atoms with Gasteiger partial charge in [0.2, 0.25) is 12.2 Å². The molecule has 0 saturated carbocycles. The number of hydrogen-bond acceptors (Lipinski definition) is 5. The third-order valence-electron chi connectivity index (χ3n) is 6.45. The van der Waals surface area contributed by atoms with Gasteiger partial charge in [0.15, 0.2) is 0 Å². The van der Waals surface area contributed by atoms with E-state index >= 15 is 0 Å². The van der Waals surface area contributed by atoms with E-state index in [1.54, 1.807) is 11.3 Å². The van der Waals surface area contributed by atoms with Gasteiger partial charge in [-0.15, -0.1) is 11.3 Å². The summed E-state index contributed by atoms with van der Waals surface area (Å²) in [5.74, 6) is 0.658. The van der Waals surface area contributed by atoms with Crippen molar-refractivity contribution in [2.45, 2.75) is 18.9 Å². The molecule has 0 bridgehead atoms. The van der Waals surface area contributed by atoms with Crippen LogP contribution >= 0.6 is 11.3 Å². The fourth-order valence-electron chi connectivity index (χ4n) is 4.86. The maximum Gasteiger partial charge on any atom is 0.256 e. The lowest BCUT2D eigenvalue weighted by Gasteiger charge is -2.36. The zero-order valence-electron chi connectivity index (χ0n) is 18.1. The predicted octanol–water partition coefficient (Wildman–Crippen LogP) is 5.27. The average Bonchev–Trinajstić information content (AvgIpc) is 3.60. The fourth-order valence-corrected chi connectivity index (χ4v) is 5.92. The van der Waals surface area contributed by atoms with Crippen molar-refractivity contribution in [1.29, 1.82) is 0 Å². The highest BCUT2D eigenvalue weighted by atomic mass is 32.1. The molecule has 1 aliphatic rings. The summed E-state index contributed by atoms with van der Waals surface area (Å²) < 4.78 is 6.95. The first kappa shape index (κ1) is 19.9. The van der Waals surface area contributed by atoms with Gasteiger partial charge in [-0.1, -0.05) is 41.6 Å². The lowest BCUT2D eigenvalue weighted by atomic mass is 9.94. The summed E-state index contributed by atoms with van der Waals surface area (Å²) in [4.78, 5) is 21.4. The Morgan fingerprint density at radius 2 is 2.09 bits per heavy atom. The topological polar surface area (TPSA) is 64.2 Å². The third kappa shape index (κ3) is 3.45. The van der Waals surface area contributed by atoms with Gasteiger partial charge in [-0.05, 0) is 47.5 Å². The molecule has 3 aromatic heterocycles. The molecule has 0 aliphatic carbocycles. The lowest BCUT2D eigenvalue weighted by molar-refractivity contribution is 0.0666. The molecule has 6 nitrogen and oxygen atoms in total. The number of thiophene rings is 1. The molecule has 1 atom stereocenters. The van der Waals surface area contributed by atoms with Crippen molar-refractivity contribution in [2.24, 2.45) is 7.05 Å². The lowest BCUT2D eigenvalue weighted by Crippen LogP contribution is -2.40. The molecular weight excluding hydrogens is 432 g/mol. The van der Waals surface area contributed by atoms with Gasteiger partial charge < -0.3 is 14.0 Å². The van der Waals surface area contributed by atoms with Gasteiger partial charge in [-0.25, -0.2) is 0 Å². The number of benzene rings is 2. The second-order valence-electron chi connectivity index (χ2n) is 8.40. The number of para-hydroxylation sites is 1. The molecule has 0 spiro atoms. The molecule has 4 heterocycles. The van der Waals surface area contributed by atoms with Crippen LogP contribution in [-0.2, 0) is 19.9 Å². The molecule has 7 heteroatoms. The molecule has 1 unspecified atom stereocenters. The number of carbonyl (C=O) groups is 1. The number of aryl methyl sites for hydroxylation is 1. The van der Waals surface area contributed by atoms with E-state index in [-0.39, 0.29) is 11.9 Å². The van der Waals surface area contributed by atoms with E-state index in [4.69, 9.17) is 4.52 Å². The molecular formula is C26H22N4O2S. The summed E-state index contributed by atoms with van der Waals surface area (Å²) in [6, 6.07) is 18.5. The van der Waals surface area contributed by atoms with Crippen LogP contribution in [0.4, 0.5) is 0 Å². The van der Waals surface area contributed by atoms with Crippen molar-refractivity contribution in [2.75, 3.05) is 6.54 Å². The maximum absolute atomic E-state index is 13.9. The van der Waals surface area contributed by atoms with Gasteiger partial charge in [0.25, 0.3) is 5.91 Å². The van der Waals surface area contributed by atoms with Crippen LogP contribution in [0, 0.1) is 0 Å². The minimum absolute atomic E-state index is 0.0132. The van der Waals surface area contributed by atoms with Crippen LogP contribution in [0.2, 0.25) is 0 Å². The quantitative estimate of drug-likeness (QED) is 0.371. The monoisotopic (exact) mass is 454 g/mol. The van der Waals surface area contributed by atoms with E-state index in [0.29, 0.717) is 12.4 Å². The molecule has 0 radical (unpaired) electrons. The summed E-state index contributed by atoms with van der Waals surface area (Å²) in [5, 5.41) is 7.10. The van der Waals surface area contributed by atoms with Crippen LogP contribution in [-0.4, -0.2) is 32.1 Å². The summed E-state index contributed by atoms with van der Waals surface area (Å²) in [5.41, 5.74) is 5.23. The standard InChI is InChI=1S/C26H22N4O2S/c1-29-15-21(20-7-2-3-8-22(20)29)26(31)30-11-9-18-10-12-33-24(18)23(30)14-17-5-4-6-19(13-17)25-27-16-32-28-25/h2-8,10,12-13,15-16,23H,9,11,14H2,1H3. The SMILES string of the molecule is Cn1cc(C(=O)N2CCc3ccsc3C2Cc2cccc(-c3ncon3)c2)c2ccccc21. The number of fused-ring (bicyclic) bond motifs is 2. The molecule has 1 aliphatic heterocycles. The van der Waals surface area contributed by atoms with Crippen LogP contribution in [0.25, 0.3) is 22.3 Å². The number of carbonyl (C=O) groups excluding carboxylic acids is 1. The van der Waals surface area contributed by atoms with Gasteiger partial charge in [-0.3, -0.25) is 4.79 Å². The largest absolute Gasteiger partial charge is 0.350 e. The van der Waals surface area contributed by atoms with Crippen molar-refractivity contribution < 1.29 is 9.32 Å². The summed E-state index contributed by atoms with van der Waals surface area (Å²) >= 11 is 1.74. The molecule has 0 N–H and O–H groups in total. The first-order valence-corrected chi connectivity index (χ1v) is 11.8. The van der Waals surface area contributed by atoms with Crippen molar-refractivity contribution in [1.82, 2.24) is 19.6 Å². The highest BCUT2D eigenvalue weighted by Crippen LogP contribution is 2.38. The maximum atomic E-state index is 13.9. The zero-order valence-corrected chi connectivity index (χ0v) is 19.0. The average molecular weight is 455 g/mol. The summed E-state index contributed by atoms with van der Waals surface area (Å²) in [7, 11) is 1.99. The second-order valence-corrected chi connectivity index (χ2v) is 9.35. The number of amides is 1. The van der Waals surface area contributed by atoms with Gasteiger partial charge >= 0.3 is 0 Å². The van der Waals surface area contributed by atoms with Gasteiger partial charge in [0.05, 0.1) is 11.6 Å². The highest BCUT2D eigenvalue weighted by Gasteiger charge is 2.33. The van der Waals surface area contributed by atoms with E-state index in [1.807, 2.05) is 48.1 Å². The van der Waals surface area contributed by atoms with Gasteiger partial charge in [-0.2, -0.15) is 4.98 Å². The molecule has 5 aromatic rings. The van der Waals surface area contributed by atoms with Gasteiger partial charge in [0, 0.05) is 41.1 Å². The molecule has 0 saturated heterocycles. The molecule has 0 fully saturated rings. The number of hydrogen-bond donors (Lipinski definition) is 0. The fraction of sp³-hybridized carbons (Fsp3) is 0.192. The van der Waals surface area contributed by atoms with Crippen molar-refractivity contribution in [3.05, 3.63) is 94.1 Å². The van der Waals surface area contributed by atoms with Crippen LogP contribution in [0.3, 0.4) is 0 Å². The van der Waals surface area contributed by atoms with E-state index in [1.165, 1.54) is 16.8 Å². The Morgan fingerprint density at radius 3 is 2.97 bits per heavy atom. The molecule has 1 amide bonds. The Kier molecular flexibility index (Phi) is 4.84. The summed E-state index contributed by atoms with van der Waals surface area (Å²) in [6.07, 6.45) is 4.92. The zero-order chi connectivity index (χ0) is 22.4. The predicted molar refractivity (Wildman–Crippen MR) is 128 cm³/mol. The molecule has 33 heavy (non-hydrogen) atoms. The number of aromatic nitrogens is 3. The van der Waals surface area contributed by atoms with Crippen molar-refractivity contribution in [3.63, 3.8) is 0 Å². The second kappa shape index (κ2) is 8.01. The highest BCUT2D eigenvalue weighted by molar-refractivity contribution is 7.10. The minimum atomic E-state index is -0.0132. The van der Waals surface area contributed by atoms with Crippen LogP contribution in [0.5, 0.6) is 0 Å². The molecule has 164 valence electrons. The Labute approximate surface area is 195 Å². The first-order chi connectivity index (χ1) is 16.2. The van der Waals surface area contributed by atoms with Crippen LogP contribution in [0.15, 0.2) is 77.1 Å². The van der Waals surface area contributed by atoms with Gasteiger partial charge in [0.1, 0.15) is 0 Å². The van der Waals surface area contributed by atoms with Crippen LogP contribution < -0.4 is 0 Å². The Bertz CT molecular complexity index is 1450. The van der Waals surface area contributed by atoms with E-state index in [2.05, 4.69) is 44.7 Å². The summed E-state index contributed by atoms with van der Waals surface area (Å²) in [6.45, 7) is 0.709. The Balaban J connectivity index is 1.38. The van der Waals surface area contributed by atoms with E-state index in [9.17, 15) is 4.79 Å². The number of rotatable bonds is 4. The van der Waals surface area contributed by atoms with Crippen LogP contribution in [0.1, 0.15) is 32.4 Å². The molecule has 6 rings (SSSR count). The number of nitrogens with zero attached hydrogens (tertiary/aromatic N) is 4. The third-order valence-corrected chi connectivity index (χ3v) is 7.51. The van der Waals surface area contributed by atoms with E-state index < -0.39 is 0 Å². The van der Waals surface area contributed by atoms with Crippen molar-refractivity contribution >= 4 is 28.1 Å². The van der Waals surface area contributed by atoms with Crippen molar-refractivity contribution in [3.8, 4) is 11.4 Å². The molecule has 2 aromatic carbocycles. The van der Waals surface area contributed by atoms with E-state index in [0.717, 1.165) is 40.4 Å². The minimum Gasteiger partial charge on any atom is -0.350 e. The normalized spacial score (nSPS) is 15.7.